The maximum Gasteiger partial charge on any atom is 0.239 e. The minimum Gasteiger partial charge on any atom is -0.388 e. The fraction of sp³-hybridized carbons (Fsp3) is 0.0833. The molecule has 0 bridgehead atoms. The van der Waals surface area contributed by atoms with E-state index in [0.717, 1.165) is 51.7 Å². The Morgan fingerprint density at radius 1 is 0.589 bits per heavy atom. The van der Waals surface area contributed by atoms with E-state index in [1.165, 1.54) is 49.6 Å². The average Bonchev–Trinajstić information content (AvgIpc) is 3.76. The fourth-order valence-electron chi connectivity index (χ4n) is 8.90. The molecule has 0 saturated carbocycles. The summed E-state index contributed by atoms with van der Waals surface area (Å²) in [5, 5.41) is 9.40. The molecule has 0 unspecified atom stereocenters. The maximum absolute atomic E-state index is 5.04. The van der Waals surface area contributed by atoms with E-state index in [1.807, 2.05) is 19.0 Å². The quantitative estimate of drug-likeness (QED) is 0.172. The van der Waals surface area contributed by atoms with E-state index in [2.05, 4.69) is 171 Å². The van der Waals surface area contributed by atoms with Crippen molar-refractivity contribution in [3.8, 4) is 16.8 Å². The molecule has 8 nitrogen and oxygen atoms in total. The molecule has 1 aliphatic carbocycles. The van der Waals surface area contributed by atoms with Crippen LogP contribution in [0.5, 0.6) is 0 Å². The predicted molar refractivity (Wildman–Crippen MR) is 232 cm³/mol. The van der Waals surface area contributed by atoms with Gasteiger partial charge in [0, 0.05) is 59.0 Å². The molecule has 0 fully saturated rings. The molecule has 0 atom stereocenters. The van der Waals surface area contributed by atoms with Crippen LogP contribution >= 0.6 is 0 Å². The van der Waals surface area contributed by atoms with Gasteiger partial charge >= 0.3 is 0 Å². The van der Waals surface area contributed by atoms with Crippen LogP contribution < -0.4 is 10.6 Å². The Morgan fingerprint density at radius 2 is 1.23 bits per heavy atom. The van der Waals surface area contributed by atoms with Crippen LogP contribution in [-0.4, -0.2) is 47.5 Å². The van der Waals surface area contributed by atoms with Crippen LogP contribution in [0.15, 0.2) is 171 Å². The van der Waals surface area contributed by atoms with Crippen molar-refractivity contribution >= 4 is 62.8 Å². The molecule has 8 heteroatoms. The Labute approximate surface area is 324 Å². The van der Waals surface area contributed by atoms with E-state index in [0.29, 0.717) is 17.8 Å². The number of guanidine groups is 2. The highest BCUT2D eigenvalue weighted by Gasteiger charge is 2.32. The summed E-state index contributed by atoms with van der Waals surface area (Å²) in [6.07, 6.45) is 6.66. The maximum atomic E-state index is 5.04. The summed E-state index contributed by atoms with van der Waals surface area (Å²) in [4.78, 5) is 21.2. The number of rotatable bonds is 7. The lowest BCUT2D eigenvalue weighted by Crippen LogP contribution is -2.40. The van der Waals surface area contributed by atoms with E-state index in [9.17, 15) is 0 Å². The first-order valence-electron chi connectivity index (χ1n) is 19.0. The molecular formula is C48H36N8. The number of aliphatic imine (C=N–C) groups is 4. The standard InChI is InChI=1S/C48H36N8/c1-49-41-24-29(23-40-34-13-5-3-11-32(34)33-12-4-6-14-35(33)40)19-21-38(41)43-26-31-27-44(54-48-52-28-51-47(53-43)56(31)48)39-22-20-30(25-42(39)50-2)55-45-17-9-7-15-36(45)37-16-8-10-18-46(37)55/h3-22,24-28,40,49-50H,23H2,1-2H3. The number of para-hydroxylation sites is 2. The molecule has 0 radical (unpaired) electrons. The summed E-state index contributed by atoms with van der Waals surface area (Å²) >= 11 is 0. The highest BCUT2D eigenvalue weighted by molar-refractivity contribution is 6.24. The lowest BCUT2D eigenvalue weighted by atomic mass is 9.89. The molecule has 6 aromatic carbocycles. The summed E-state index contributed by atoms with van der Waals surface area (Å²) in [5.41, 5.74) is 16.6. The molecule has 0 saturated heterocycles. The molecule has 11 rings (SSSR count). The topological polar surface area (TPSA) is 81.7 Å². The van der Waals surface area contributed by atoms with Gasteiger partial charge in [-0.05, 0) is 82.8 Å². The summed E-state index contributed by atoms with van der Waals surface area (Å²) in [5.74, 6) is 1.39. The molecule has 1 aromatic heterocycles. The van der Waals surface area contributed by atoms with Gasteiger partial charge in [0.05, 0.1) is 28.1 Å². The SMILES string of the molecule is CNc1cc(CC2c3ccccc3-c3ccccc32)ccc1C1=CC2=CC(c3ccc(-n4c5ccccc5c5ccccc54)cc3NC)=NC3=NC=NC(=N1)N23. The second kappa shape index (κ2) is 12.6. The second-order valence-corrected chi connectivity index (χ2v) is 14.4. The van der Waals surface area contributed by atoms with Gasteiger partial charge in [0.2, 0.25) is 11.9 Å². The Hall–Kier alpha value is -7.32. The third kappa shape index (κ3) is 4.92. The van der Waals surface area contributed by atoms with Crippen molar-refractivity contribution in [2.45, 2.75) is 12.3 Å². The van der Waals surface area contributed by atoms with Gasteiger partial charge < -0.3 is 15.2 Å². The molecule has 0 amide bonds. The molecular weight excluding hydrogens is 689 g/mol. The van der Waals surface area contributed by atoms with Gasteiger partial charge in [-0.3, -0.25) is 0 Å². The molecule has 2 N–H and O–H groups in total. The molecule has 4 aliphatic rings. The normalized spacial score (nSPS) is 15.4. The van der Waals surface area contributed by atoms with Crippen LogP contribution in [0.3, 0.4) is 0 Å². The third-order valence-electron chi connectivity index (χ3n) is 11.4. The summed E-state index contributed by atoms with van der Waals surface area (Å²) in [6.45, 7) is 0. The monoisotopic (exact) mass is 724 g/mol. The van der Waals surface area contributed by atoms with Crippen LogP contribution in [0.1, 0.15) is 33.7 Å². The molecule has 56 heavy (non-hydrogen) atoms. The van der Waals surface area contributed by atoms with Crippen molar-refractivity contribution in [2.24, 2.45) is 20.0 Å². The van der Waals surface area contributed by atoms with Crippen LogP contribution in [0, 0.1) is 0 Å². The number of allylic oxidation sites excluding steroid dienone is 2. The van der Waals surface area contributed by atoms with Crippen molar-refractivity contribution in [3.63, 3.8) is 0 Å². The zero-order chi connectivity index (χ0) is 37.3. The Morgan fingerprint density at radius 3 is 1.95 bits per heavy atom. The van der Waals surface area contributed by atoms with Crippen LogP contribution in [0.25, 0.3) is 44.3 Å². The van der Waals surface area contributed by atoms with E-state index < -0.39 is 0 Å². The third-order valence-corrected chi connectivity index (χ3v) is 11.4. The number of anilines is 2. The van der Waals surface area contributed by atoms with Crippen molar-refractivity contribution in [3.05, 3.63) is 179 Å². The highest BCUT2D eigenvalue weighted by atomic mass is 15.4. The van der Waals surface area contributed by atoms with Gasteiger partial charge in [0.15, 0.2) is 0 Å². The summed E-state index contributed by atoms with van der Waals surface area (Å²) in [6, 6.07) is 48.0. The van der Waals surface area contributed by atoms with Gasteiger partial charge in [-0.2, -0.15) is 0 Å². The first kappa shape index (κ1) is 32.1. The minimum atomic E-state index is 0.304. The number of fused-ring (bicyclic) bond motifs is 6. The fourth-order valence-corrected chi connectivity index (χ4v) is 8.90. The van der Waals surface area contributed by atoms with Crippen molar-refractivity contribution in [1.82, 2.24) is 9.47 Å². The number of nitrogens with one attached hydrogen (secondary N) is 2. The van der Waals surface area contributed by atoms with E-state index in [1.54, 1.807) is 6.34 Å². The van der Waals surface area contributed by atoms with Gasteiger partial charge in [0.25, 0.3) is 0 Å². The van der Waals surface area contributed by atoms with Crippen molar-refractivity contribution < 1.29 is 0 Å². The second-order valence-electron chi connectivity index (χ2n) is 14.4. The van der Waals surface area contributed by atoms with Crippen molar-refractivity contribution in [1.29, 1.82) is 0 Å². The molecule has 3 aliphatic heterocycles. The average molecular weight is 725 g/mol. The van der Waals surface area contributed by atoms with Crippen LogP contribution in [-0.2, 0) is 6.42 Å². The smallest absolute Gasteiger partial charge is 0.239 e. The molecule has 4 heterocycles. The molecule has 7 aromatic rings. The van der Waals surface area contributed by atoms with Crippen LogP contribution in [0.2, 0.25) is 0 Å². The first-order chi connectivity index (χ1) is 27.7. The largest absolute Gasteiger partial charge is 0.388 e. The number of nitrogens with zero attached hydrogens (tertiary/aromatic N) is 6. The Kier molecular flexibility index (Phi) is 7.25. The number of aromatic nitrogens is 1. The van der Waals surface area contributed by atoms with E-state index >= 15 is 0 Å². The first-order valence-corrected chi connectivity index (χ1v) is 19.0. The van der Waals surface area contributed by atoms with E-state index in [-0.39, 0.29) is 0 Å². The lowest BCUT2D eigenvalue weighted by Gasteiger charge is -2.32. The zero-order valence-corrected chi connectivity index (χ0v) is 30.9. The van der Waals surface area contributed by atoms with Gasteiger partial charge in [-0.25, -0.2) is 24.9 Å². The predicted octanol–water partition coefficient (Wildman–Crippen LogP) is 10.0. The molecule has 268 valence electrons. The summed E-state index contributed by atoms with van der Waals surface area (Å²) < 4.78 is 2.33. The Bertz CT molecular complexity index is 2890. The van der Waals surface area contributed by atoms with Gasteiger partial charge in [-0.15, -0.1) is 0 Å². The van der Waals surface area contributed by atoms with Gasteiger partial charge in [-0.1, -0.05) is 97.1 Å². The number of hydrogen-bond donors (Lipinski definition) is 2. The minimum absolute atomic E-state index is 0.304. The zero-order valence-electron chi connectivity index (χ0n) is 30.9. The highest BCUT2D eigenvalue weighted by Crippen LogP contribution is 2.46. The van der Waals surface area contributed by atoms with E-state index in [4.69, 9.17) is 9.98 Å². The lowest BCUT2D eigenvalue weighted by molar-refractivity contribution is 0.738. The number of hydrogen-bond acceptors (Lipinski definition) is 7. The Balaban J connectivity index is 0.955. The molecule has 0 spiro atoms. The number of benzene rings is 6. The van der Waals surface area contributed by atoms with Crippen molar-refractivity contribution in [2.75, 3.05) is 24.7 Å². The van der Waals surface area contributed by atoms with Crippen LogP contribution in [0.4, 0.5) is 11.4 Å². The summed E-state index contributed by atoms with van der Waals surface area (Å²) in [7, 11) is 3.93. The van der Waals surface area contributed by atoms with Gasteiger partial charge in [0.1, 0.15) is 6.34 Å².